The van der Waals surface area contributed by atoms with Gasteiger partial charge in [-0.15, -0.1) is 11.3 Å². The van der Waals surface area contributed by atoms with E-state index in [0.717, 1.165) is 27.6 Å². The lowest BCUT2D eigenvalue weighted by Gasteiger charge is -2.08. The van der Waals surface area contributed by atoms with Gasteiger partial charge in [-0.05, 0) is 45.0 Å². The average molecular weight is 272 g/mol. The molecule has 5 heteroatoms. The first-order valence-corrected chi connectivity index (χ1v) is 7.05. The summed E-state index contributed by atoms with van der Waals surface area (Å²) in [6.07, 6.45) is 0. The third-order valence-electron chi connectivity index (χ3n) is 3.03. The number of fused-ring (bicyclic) bond motifs is 1. The van der Waals surface area contributed by atoms with E-state index in [2.05, 4.69) is 46.6 Å². The summed E-state index contributed by atoms with van der Waals surface area (Å²) in [5.74, 6) is 0. The highest BCUT2D eigenvalue weighted by Crippen LogP contribution is 2.24. The average Bonchev–Trinajstić information content (AvgIpc) is 2.87. The Balaban J connectivity index is 1.79. The Hall–Kier alpha value is -1.88. The van der Waals surface area contributed by atoms with E-state index in [4.69, 9.17) is 0 Å². The van der Waals surface area contributed by atoms with E-state index in [-0.39, 0.29) is 0 Å². The SMILES string of the molecule is Cc1cc(C)n(CNc2ccc3sc(C)nc3c2)n1. The highest BCUT2D eigenvalue weighted by Gasteiger charge is 2.03. The lowest BCUT2D eigenvalue weighted by Crippen LogP contribution is -2.10. The summed E-state index contributed by atoms with van der Waals surface area (Å²) in [7, 11) is 0. The Morgan fingerprint density at radius 2 is 2.05 bits per heavy atom. The van der Waals surface area contributed by atoms with Gasteiger partial charge in [0.1, 0.15) is 6.67 Å². The van der Waals surface area contributed by atoms with Crippen LogP contribution in [0.5, 0.6) is 0 Å². The molecule has 1 N–H and O–H groups in total. The van der Waals surface area contributed by atoms with Gasteiger partial charge in [0.25, 0.3) is 0 Å². The molecular weight excluding hydrogens is 256 g/mol. The molecular formula is C14H16N4S. The van der Waals surface area contributed by atoms with Crippen LogP contribution in [0.2, 0.25) is 0 Å². The number of thiazole rings is 1. The number of hydrogen-bond acceptors (Lipinski definition) is 4. The number of anilines is 1. The molecule has 2 aromatic heterocycles. The minimum Gasteiger partial charge on any atom is -0.366 e. The number of aromatic nitrogens is 3. The fourth-order valence-electron chi connectivity index (χ4n) is 2.15. The molecule has 0 atom stereocenters. The Bertz CT molecular complexity index is 726. The quantitative estimate of drug-likeness (QED) is 0.793. The molecule has 2 heterocycles. The Morgan fingerprint density at radius 3 is 2.79 bits per heavy atom. The summed E-state index contributed by atoms with van der Waals surface area (Å²) in [5.41, 5.74) is 4.34. The number of hydrogen-bond donors (Lipinski definition) is 1. The van der Waals surface area contributed by atoms with E-state index in [9.17, 15) is 0 Å². The summed E-state index contributed by atoms with van der Waals surface area (Å²) in [5, 5.41) is 8.92. The molecule has 19 heavy (non-hydrogen) atoms. The number of benzene rings is 1. The number of aryl methyl sites for hydroxylation is 3. The lowest BCUT2D eigenvalue weighted by molar-refractivity contribution is 0.644. The first-order chi connectivity index (χ1) is 9.11. The summed E-state index contributed by atoms with van der Waals surface area (Å²) in [6.45, 7) is 6.78. The van der Waals surface area contributed by atoms with Gasteiger partial charge in [0.2, 0.25) is 0 Å². The maximum Gasteiger partial charge on any atom is 0.109 e. The van der Waals surface area contributed by atoms with Gasteiger partial charge in [-0.3, -0.25) is 4.68 Å². The van der Waals surface area contributed by atoms with Gasteiger partial charge in [0, 0.05) is 11.4 Å². The van der Waals surface area contributed by atoms with Crippen molar-refractivity contribution in [2.75, 3.05) is 5.32 Å². The maximum absolute atomic E-state index is 4.51. The van der Waals surface area contributed by atoms with Crippen molar-refractivity contribution >= 4 is 27.2 Å². The second kappa shape index (κ2) is 4.66. The van der Waals surface area contributed by atoms with Gasteiger partial charge in [-0.2, -0.15) is 5.10 Å². The molecule has 1 aromatic carbocycles. The summed E-state index contributed by atoms with van der Waals surface area (Å²) >= 11 is 1.72. The van der Waals surface area contributed by atoms with Gasteiger partial charge in [0.15, 0.2) is 0 Å². The van der Waals surface area contributed by atoms with Gasteiger partial charge < -0.3 is 5.32 Å². The van der Waals surface area contributed by atoms with Gasteiger partial charge in [-0.25, -0.2) is 4.98 Å². The Kier molecular flexibility index (Phi) is 2.98. The lowest BCUT2D eigenvalue weighted by atomic mass is 10.3. The molecule has 98 valence electrons. The predicted molar refractivity (Wildman–Crippen MR) is 79.7 cm³/mol. The molecule has 3 rings (SSSR count). The van der Waals surface area contributed by atoms with Crippen LogP contribution in [0.15, 0.2) is 24.3 Å². The largest absolute Gasteiger partial charge is 0.366 e. The summed E-state index contributed by atoms with van der Waals surface area (Å²) < 4.78 is 3.19. The number of nitrogens with zero attached hydrogens (tertiary/aromatic N) is 3. The monoisotopic (exact) mass is 272 g/mol. The van der Waals surface area contributed by atoms with Crippen molar-refractivity contribution in [3.05, 3.63) is 40.7 Å². The topological polar surface area (TPSA) is 42.7 Å². The smallest absolute Gasteiger partial charge is 0.109 e. The highest BCUT2D eigenvalue weighted by atomic mass is 32.1. The molecule has 0 saturated heterocycles. The van der Waals surface area contributed by atoms with Crippen LogP contribution >= 0.6 is 11.3 Å². The summed E-state index contributed by atoms with van der Waals surface area (Å²) in [4.78, 5) is 4.51. The van der Waals surface area contributed by atoms with Crippen molar-refractivity contribution in [2.24, 2.45) is 0 Å². The normalized spacial score (nSPS) is 11.1. The number of rotatable bonds is 3. The fourth-order valence-corrected chi connectivity index (χ4v) is 2.96. The highest BCUT2D eigenvalue weighted by molar-refractivity contribution is 7.18. The standard InChI is InChI=1S/C14H16N4S/c1-9-6-10(2)18(17-9)8-15-12-4-5-14-13(7-12)16-11(3)19-14/h4-7,15H,8H2,1-3H3. The van der Waals surface area contributed by atoms with Crippen molar-refractivity contribution in [3.8, 4) is 0 Å². The molecule has 0 spiro atoms. The van der Waals surface area contributed by atoms with Crippen LogP contribution < -0.4 is 5.32 Å². The van der Waals surface area contributed by atoms with Crippen LogP contribution in [0, 0.1) is 20.8 Å². The molecule has 0 radical (unpaired) electrons. The molecule has 0 bridgehead atoms. The van der Waals surface area contributed by atoms with E-state index in [1.54, 1.807) is 11.3 Å². The maximum atomic E-state index is 4.51. The van der Waals surface area contributed by atoms with Gasteiger partial charge in [-0.1, -0.05) is 0 Å². The Labute approximate surface area is 116 Å². The molecule has 3 aromatic rings. The van der Waals surface area contributed by atoms with Crippen molar-refractivity contribution in [1.82, 2.24) is 14.8 Å². The molecule has 0 unspecified atom stereocenters. The zero-order valence-electron chi connectivity index (χ0n) is 11.3. The minimum absolute atomic E-state index is 0.675. The van der Waals surface area contributed by atoms with Crippen molar-refractivity contribution in [2.45, 2.75) is 27.4 Å². The molecule has 0 aliphatic carbocycles. The molecule has 0 aliphatic heterocycles. The molecule has 0 amide bonds. The van der Waals surface area contributed by atoms with Gasteiger partial charge >= 0.3 is 0 Å². The molecule has 0 fully saturated rings. The van der Waals surface area contributed by atoms with Crippen LogP contribution in [-0.4, -0.2) is 14.8 Å². The molecule has 0 aliphatic rings. The van der Waals surface area contributed by atoms with E-state index < -0.39 is 0 Å². The molecule has 0 saturated carbocycles. The van der Waals surface area contributed by atoms with Gasteiger partial charge in [0.05, 0.1) is 20.9 Å². The fraction of sp³-hybridized carbons (Fsp3) is 0.286. The third-order valence-corrected chi connectivity index (χ3v) is 3.98. The zero-order valence-corrected chi connectivity index (χ0v) is 12.1. The predicted octanol–water partition coefficient (Wildman–Crippen LogP) is 3.49. The number of nitrogens with one attached hydrogen (secondary N) is 1. The minimum atomic E-state index is 0.675. The van der Waals surface area contributed by atoms with E-state index in [1.165, 1.54) is 4.70 Å². The van der Waals surface area contributed by atoms with Crippen LogP contribution in [0.25, 0.3) is 10.2 Å². The summed E-state index contributed by atoms with van der Waals surface area (Å²) in [6, 6.07) is 8.37. The Morgan fingerprint density at radius 1 is 1.21 bits per heavy atom. The first kappa shape index (κ1) is 12.2. The zero-order chi connectivity index (χ0) is 13.4. The van der Waals surface area contributed by atoms with Crippen molar-refractivity contribution in [1.29, 1.82) is 0 Å². The van der Waals surface area contributed by atoms with Crippen molar-refractivity contribution < 1.29 is 0 Å². The molecule has 4 nitrogen and oxygen atoms in total. The van der Waals surface area contributed by atoms with Crippen LogP contribution in [0.3, 0.4) is 0 Å². The van der Waals surface area contributed by atoms with Crippen LogP contribution in [0.4, 0.5) is 5.69 Å². The van der Waals surface area contributed by atoms with E-state index >= 15 is 0 Å². The van der Waals surface area contributed by atoms with E-state index in [0.29, 0.717) is 6.67 Å². The van der Waals surface area contributed by atoms with Crippen LogP contribution in [-0.2, 0) is 6.67 Å². The van der Waals surface area contributed by atoms with Crippen molar-refractivity contribution in [3.63, 3.8) is 0 Å². The first-order valence-electron chi connectivity index (χ1n) is 6.24. The second-order valence-electron chi connectivity index (χ2n) is 4.68. The third kappa shape index (κ3) is 2.46. The van der Waals surface area contributed by atoms with Crippen LogP contribution in [0.1, 0.15) is 16.4 Å². The second-order valence-corrected chi connectivity index (χ2v) is 5.91. The van der Waals surface area contributed by atoms with E-state index in [1.807, 2.05) is 18.5 Å².